The van der Waals surface area contributed by atoms with E-state index in [1.807, 2.05) is 6.20 Å². The number of hydrogen-bond acceptors (Lipinski definition) is 3. The highest BCUT2D eigenvalue weighted by Crippen LogP contribution is 2.32. The van der Waals surface area contributed by atoms with Gasteiger partial charge in [-0.3, -0.25) is 5.10 Å². The second-order valence-corrected chi connectivity index (χ2v) is 6.16. The molecule has 22 heavy (non-hydrogen) atoms. The summed E-state index contributed by atoms with van der Waals surface area (Å²) in [6.45, 7) is 6.06. The lowest BCUT2D eigenvalue weighted by atomic mass is 10.00. The van der Waals surface area contributed by atoms with Gasteiger partial charge in [-0.2, -0.15) is 5.10 Å². The first kappa shape index (κ1) is 15.1. The summed E-state index contributed by atoms with van der Waals surface area (Å²) in [6.07, 6.45) is 6.37. The Morgan fingerprint density at radius 3 is 3.09 bits per heavy atom. The summed E-state index contributed by atoms with van der Waals surface area (Å²) in [6, 6.07) is 6.91. The van der Waals surface area contributed by atoms with Crippen LogP contribution in [0.1, 0.15) is 47.7 Å². The highest BCUT2D eigenvalue weighted by molar-refractivity contribution is 5.39. The molecule has 4 heteroatoms. The number of rotatable bonds is 5. The molecule has 0 aliphatic carbocycles. The van der Waals surface area contributed by atoms with Gasteiger partial charge in [-0.1, -0.05) is 17.7 Å². The second kappa shape index (κ2) is 6.97. The van der Waals surface area contributed by atoms with Crippen LogP contribution in [0.3, 0.4) is 0 Å². The number of aromatic amines is 1. The fourth-order valence-corrected chi connectivity index (χ4v) is 3.09. The molecular weight excluding hydrogens is 274 g/mol. The summed E-state index contributed by atoms with van der Waals surface area (Å²) in [7, 11) is 0. The molecule has 2 aromatic rings. The fraction of sp³-hybridized carbons (Fsp3) is 0.500. The fourth-order valence-electron chi connectivity index (χ4n) is 3.09. The van der Waals surface area contributed by atoms with Crippen molar-refractivity contribution < 1.29 is 4.74 Å². The molecule has 1 aliphatic heterocycles. The first-order chi connectivity index (χ1) is 10.7. The summed E-state index contributed by atoms with van der Waals surface area (Å²) in [5.41, 5.74) is 5.12. The maximum atomic E-state index is 5.86. The number of nitrogens with one attached hydrogen (secondary N) is 2. The van der Waals surface area contributed by atoms with Crippen LogP contribution >= 0.6 is 0 Å². The molecule has 0 amide bonds. The number of fused-ring (bicyclic) bond motifs is 1. The van der Waals surface area contributed by atoms with Crippen molar-refractivity contribution in [3.05, 3.63) is 46.8 Å². The van der Waals surface area contributed by atoms with E-state index in [0.29, 0.717) is 6.04 Å². The van der Waals surface area contributed by atoms with Gasteiger partial charge in [0.1, 0.15) is 5.75 Å². The highest BCUT2D eigenvalue weighted by atomic mass is 16.5. The first-order valence-corrected chi connectivity index (χ1v) is 8.19. The van der Waals surface area contributed by atoms with E-state index in [0.717, 1.165) is 44.6 Å². The van der Waals surface area contributed by atoms with Crippen LogP contribution in [0.4, 0.5) is 0 Å². The van der Waals surface area contributed by atoms with Crippen LogP contribution in [0, 0.1) is 13.8 Å². The van der Waals surface area contributed by atoms with Gasteiger partial charge in [0.05, 0.1) is 12.8 Å². The van der Waals surface area contributed by atoms with Crippen LogP contribution in [0.5, 0.6) is 5.75 Å². The molecule has 0 fully saturated rings. The third-order valence-electron chi connectivity index (χ3n) is 4.38. The molecule has 0 bridgehead atoms. The molecule has 118 valence electrons. The van der Waals surface area contributed by atoms with Crippen molar-refractivity contribution >= 4 is 0 Å². The summed E-state index contributed by atoms with van der Waals surface area (Å²) < 4.78 is 5.86. The Bertz CT molecular complexity index is 621. The van der Waals surface area contributed by atoms with Gasteiger partial charge in [-0.25, -0.2) is 0 Å². The maximum Gasteiger partial charge on any atom is 0.124 e. The molecule has 2 N–H and O–H groups in total. The Morgan fingerprint density at radius 2 is 2.27 bits per heavy atom. The molecule has 0 spiro atoms. The molecule has 2 heterocycles. The van der Waals surface area contributed by atoms with E-state index in [1.165, 1.54) is 22.4 Å². The van der Waals surface area contributed by atoms with E-state index in [4.69, 9.17) is 4.74 Å². The number of aromatic nitrogens is 2. The van der Waals surface area contributed by atoms with Crippen LogP contribution in [0.15, 0.2) is 24.4 Å². The van der Waals surface area contributed by atoms with Crippen molar-refractivity contribution in [2.24, 2.45) is 0 Å². The van der Waals surface area contributed by atoms with Crippen LogP contribution in [0.2, 0.25) is 0 Å². The van der Waals surface area contributed by atoms with Crippen molar-refractivity contribution in [2.45, 2.75) is 45.6 Å². The van der Waals surface area contributed by atoms with E-state index < -0.39 is 0 Å². The van der Waals surface area contributed by atoms with Gasteiger partial charge in [-0.05, 0) is 57.7 Å². The smallest absolute Gasteiger partial charge is 0.124 e. The van der Waals surface area contributed by atoms with Gasteiger partial charge < -0.3 is 10.1 Å². The molecule has 1 aliphatic rings. The minimum atomic E-state index is 0.405. The minimum absolute atomic E-state index is 0.405. The van der Waals surface area contributed by atoms with Crippen molar-refractivity contribution in [1.82, 2.24) is 15.5 Å². The van der Waals surface area contributed by atoms with Crippen LogP contribution in [0.25, 0.3) is 0 Å². The predicted octanol–water partition coefficient (Wildman–Crippen LogP) is 3.46. The average Bonchev–Trinajstić information content (AvgIpc) is 2.81. The number of hydrogen-bond donors (Lipinski definition) is 2. The zero-order chi connectivity index (χ0) is 15.4. The molecular formula is C18H25N3O. The van der Waals surface area contributed by atoms with Gasteiger partial charge in [0.25, 0.3) is 0 Å². The van der Waals surface area contributed by atoms with E-state index in [9.17, 15) is 0 Å². The molecule has 0 radical (unpaired) electrons. The molecule has 1 aromatic heterocycles. The van der Waals surface area contributed by atoms with Crippen molar-refractivity contribution in [3.63, 3.8) is 0 Å². The number of ether oxygens (including phenoxy) is 1. The van der Waals surface area contributed by atoms with Gasteiger partial charge >= 0.3 is 0 Å². The van der Waals surface area contributed by atoms with Crippen molar-refractivity contribution in [1.29, 1.82) is 0 Å². The van der Waals surface area contributed by atoms with E-state index in [2.05, 4.69) is 47.6 Å². The molecule has 0 unspecified atom stereocenters. The lowest BCUT2D eigenvalue weighted by Crippen LogP contribution is -2.22. The van der Waals surface area contributed by atoms with E-state index in [-0.39, 0.29) is 0 Å². The standard InChI is InChI=1S/C18H25N3O/c1-13-7-8-18-16(11-13)17(6-4-10-22-18)19-9-3-5-15-12-20-21-14(15)2/h7-8,11-12,17,19H,3-6,9-10H2,1-2H3,(H,20,21)/t17-/m0/s1. The number of aryl methyl sites for hydroxylation is 3. The number of benzene rings is 1. The largest absolute Gasteiger partial charge is 0.493 e. The summed E-state index contributed by atoms with van der Waals surface area (Å²) in [4.78, 5) is 0. The number of nitrogens with zero attached hydrogens (tertiary/aromatic N) is 1. The molecule has 4 nitrogen and oxygen atoms in total. The number of H-pyrrole nitrogens is 1. The summed E-state index contributed by atoms with van der Waals surface area (Å²) in [5.74, 6) is 1.05. The topological polar surface area (TPSA) is 49.9 Å². The van der Waals surface area contributed by atoms with E-state index in [1.54, 1.807) is 0 Å². The highest BCUT2D eigenvalue weighted by Gasteiger charge is 2.19. The third-order valence-corrected chi connectivity index (χ3v) is 4.38. The Labute approximate surface area is 132 Å². The zero-order valence-electron chi connectivity index (χ0n) is 13.5. The molecule has 1 atom stereocenters. The quantitative estimate of drug-likeness (QED) is 0.831. The summed E-state index contributed by atoms with van der Waals surface area (Å²) in [5, 5.41) is 10.8. The summed E-state index contributed by atoms with van der Waals surface area (Å²) >= 11 is 0. The molecule has 1 aromatic carbocycles. The van der Waals surface area contributed by atoms with Gasteiger partial charge in [0.2, 0.25) is 0 Å². The zero-order valence-corrected chi connectivity index (χ0v) is 13.5. The maximum absolute atomic E-state index is 5.86. The third kappa shape index (κ3) is 3.50. The van der Waals surface area contributed by atoms with Crippen LogP contribution < -0.4 is 10.1 Å². The van der Waals surface area contributed by atoms with Crippen molar-refractivity contribution in [3.8, 4) is 5.75 Å². The van der Waals surface area contributed by atoms with Gasteiger partial charge in [0, 0.05) is 17.3 Å². The minimum Gasteiger partial charge on any atom is -0.493 e. The Hall–Kier alpha value is -1.81. The predicted molar refractivity (Wildman–Crippen MR) is 88.3 cm³/mol. The molecule has 0 saturated carbocycles. The Balaban J connectivity index is 1.58. The normalized spacial score (nSPS) is 17.6. The van der Waals surface area contributed by atoms with Gasteiger partial charge in [-0.15, -0.1) is 0 Å². The average molecular weight is 299 g/mol. The van der Waals surface area contributed by atoms with E-state index >= 15 is 0 Å². The molecule has 3 rings (SSSR count). The second-order valence-electron chi connectivity index (χ2n) is 6.16. The van der Waals surface area contributed by atoms with Gasteiger partial charge in [0.15, 0.2) is 0 Å². The molecule has 0 saturated heterocycles. The lowest BCUT2D eigenvalue weighted by molar-refractivity contribution is 0.315. The van der Waals surface area contributed by atoms with Crippen LogP contribution in [-0.2, 0) is 6.42 Å². The lowest BCUT2D eigenvalue weighted by Gasteiger charge is -2.19. The van der Waals surface area contributed by atoms with Crippen molar-refractivity contribution in [2.75, 3.05) is 13.2 Å². The SMILES string of the molecule is Cc1ccc2c(c1)[C@@H](NCCCc1cn[nH]c1C)CCCO2. The first-order valence-electron chi connectivity index (χ1n) is 8.19. The Kier molecular flexibility index (Phi) is 4.78. The Morgan fingerprint density at radius 1 is 1.36 bits per heavy atom. The monoisotopic (exact) mass is 299 g/mol. The van der Waals surface area contributed by atoms with Crippen LogP contribution in [-0.4, -0.2) is 23.3 Å².